The Morgan fingerprint density at radius 3 is 2.75 bits per heavy atom. The zero-order valence-electron chi connectivity index (χ0n) is 11.4. The summed E-state index contributed by atoms with van der Waals surface area (Å²) in [6, 6.07) is 10.3. The van der Waals surface area contributed by atoms with Gasteiger partial charge in [-0.25, -0.2) is 0 Å². The van der Waals surface area contributed by atoms with Crippen LogP contribution in [-0.2, 0) is 10.3 Å². The number of hydrogen-bond acceptors (Lipinski definition) is 3. The summed E-state index contributed by atoms with van der Waals surface area (Å²) in [5.74, 6) is 0. The van der Waals surface area contributed by atoms with Crippen LogP contribution in [0.15, 0.2) is 48.9 Å². The van der Waals surface area contributed by atoms with Gasteiger partial charge in [0.2, 0.25) is 0 Å². The average Bonchev–Trinajstić information content (AvgIpc) is 2.78. The van der Waals surface area contributed by atoms with E-state index in [0.717, 1.165) is 16.6 Å². The van der Waals surface area contributed by atoms with Gasteiger partial charge in [0.15, 0.2) is 0 Å². The molecule has 1 aromatic carbocycles. The number of methoxy groups -OCH3 is 1. The number of pyridine rings is 2. The first-order valence-corrected chi connectivity index (χ1v) is 6.64. The first kappa shape index (κ1) is 11.6. The van der Waals surface area contributed by atoms with Crippen molar-refractivity contribution in [1.82, 2.24) is 9.97 Å². The molecule has 0 spiro atoms. The van der Waals surface area contributed by atoms with Crippen molar-refractivity contribution >= 4 is 10.9 Å². The molecule has 20 heavy (non-hydrogen) atoms. The standard InChI is InChI=1S/C17H14N2O/c1-17(20-2)13-9-18-8-7-11(13)16-12-5-3-4-6-15(12)19-10-14(16)17/h3-10H,1-2H3. The Morgan fingerprint density at radius 1 is 1.05 bits per heavy atom. The first-order valence-electron chi connectivity index (χ1n) is 6.64. The lowest BCUT2D eigenvalue weighted by molar-refractivity contribution is 0.0426. The number of benzene rings is 1. The van der Waals surface area contributed by atoms with Crippen LogP contribution in [0.5, 0.6) is 0 Å². The number of fused-ring (bicyclic) bond motifs is 5. The average molecular weight is 262 g/mol. The number of rotatable bonds is 1. The maximum atomic E-state index is 5.82. The van der Waals surface area contributed by atoms with E-state index in [4.69, 9.17) is 4.74 Å². The van der Waals surface area contributed by atoms with E-state index in [9.17, 15) is 0 Å². The predicted octanol–water partition coefficient (Wildman–Crippen LogP) is 3.52. The molecule has 1 aliphatic carbocycles. The maximum Gasteiger partial charge on any atom is 0.119 e. The molecule has 1 unspecified atom stereocenters. The largest absolute Gasteiger partial charge is 0.369 e. The van der Waals surface area contributed by atoms with Gasteiger partial charge >= 0.3 is 0 Å². The normalized spacial score (nSPS) is 19.9. The second-order valence-electron chi connectivity index (χ2n) is 5.22. The monoisotopic (exact) mass is 262 g/mol. The molecule has 2 aromatic heterocycles. The first-order chi connectivity index (χ1) is 9.75. The molecule has 3 nitrogen and oxygen atoms in total. The van der Waals surface area contributed by atoms with Crippen LogP contribution in [0.1, 0.15) is 18.1 Å². The molecule has 3 heteroatoms. The van der Waals surface area contributed by atoms with Crippen LogP contribution in [0.4, 0.5) is 0 Å². The van der Waals surface area contributed by atoms with Crippen LogP contribution in [0, 0.1) is 0 Å². The van der Waals surface area contributed by atoms with Gasteiger partial charge in [-0.05, 0) is 30.2 Å². The summed E-state index contributed by atoms with van der Waals surface area (Å²) < 4.78 is 5.82. The van der Waals surface area contributed by atoms with Crippen LogP contribution >= 0.6 is 0 Å². The second-order valence-corrected chi connectivity index (χ2v) is 5.22. The third-order valence-electron chi connectivity index (χ3n) is 4.30. The van der Waals surface area contributed by atoms with Gasteiger partial charge in [0.1, 0.15) is 5.60 Å². The van der Waals surface area contributed by atoms with Crippen molar-refractivity contribution in [1.29, 1.82) is 0 Å². The minimum absolute atomic E-state index is 0.476. The highest BCUT2D eigenvalue weighted by atomic mass is 16.5. The summed E-state index contributed by atoms with van der Waals surface area (Å²) in [7, 11) is 1.74. The van der Waals surface area contributed by atoms with E-state index in [1.807, 2.05) is 36.8 Å². The third-order valence-corrected chi connectivity index (χ3v) is 4.30. The Hall–Kier alpha value is -2.26. The second kappa shape index (κ2) is 3.87. The van der Waals surface area contributed by atoms with Crippen molar-refractivity contribution in [3.05, 3.63) is 60.0 Å². The lowest BCUT2D eigenvalue weighted by Crippen LogP contribution is -2.23. The highest BCUT2D eigenvalue weighted by Crippen LogP contribution is 2.50. The highest BCUT2D eigenvalue weighted by molar-refractivity contribution is 6.00. The van der Waals surface area contributed by atoms with Gasteiger partial charge in [0.05, 0.1) is 5.52 Å². The van der Waals surface area contributed by atoms with Crippen molar-refractivity contribution < 1.29 is 4.74 Å². The molecule has 4 rings (SSSR count). The summed E-state index contributed by atoms with van der Waals surface area (Å²) in [4.78, 5) is 8.84. The Morgan fingerprint density at radius 2 is 1.90 bits per heavy atom. The van der Waals surface area contributed by atoms with E-state index in [0.29, 0.717) is 0 Å². The molecule has 0 N–H and O–H groups in total. The van der Waals surface area contributed by atoms with Crippen LogP contribution in [0.3, 0.4) is 0 Å². The Balaban J connectivity index is 2.20. The SMILES string of the molecule is COC1(C)c2cnccc2-c2c1cnc1ccccc21. The summed E-state index contributed by atoms with van der Waals surface area (Å²) in [5, 5.41) is 1.17. The van der Waals surface area contributed by atoms with E-state index in [2.05, 4.69) is 29.0 Å². The molecule has 1 atom stereocenters. The molecule has 0 bridgehead atoms. The molecule has 0 radical (unpaired) electrons. The van der Waals surface area contributed by atoms with E-state index < -0.39 is 5.60 Å². The van der Waals surface area contributed by atoms with Gasteiger partial charge in [0.25, 0.3) is 0 Å². The van der Waals surface area contributed by atoms with Crippen LogP contribution in [0.2, 0.25) is 0 Å². The molecule has 3 aromatic rings. The lowest BCUT2D eigenvalue weighted by atomic mass is 9.95. The smallest absolute Gasteiger partial charge is 0.119 e. The van der Waals surface area contributed by atoms with Gasteiger partial charge in [-0.3, -0.25) is 9.97 Å². The predicted molar refractivity (Wildman–Crippen MR) is 78.4 cm³/mol. The third kappa shape index (κ3) is 1.28. The minimum atomic E-state index is -0.476. The molecular formula is C17H14N2O. The minimum Gasteiger partial charge on any atom is -0.369 e. The van der Waals surface area contributed by atoms with Gasteiger partial charge in [-0.2, -0.15) is 0 Å². The summed E-state index contributed by atoms with van der Waals surface area (Å²) in [6.07, 6.45) is 5.66. The molecular weight excluding hydrogens is 248 g/mol. The zero-order valence-corrected chi connectivity index (χ0v) is 11.4. The van der Waals surface area contributed by atoms with Gasteiger partial charge in [-0.15, -0.1) is 0 Å². The van der Waals surface area contributed by atoms with Crippen LogP contribution < -0.4 is 0 Å². The number of aromatic nitrogens is 2. The quantitative estimate of drug-likeness (QED) is 0.673. The van der Waals surface area contributed by atoms with Crippen LogP contribution in [-0.4, -0.2) is 17.1 Å². The molecule has 1 aliphatic rings. The molecule has 0 amide bonds. The Bertz CT molecular complexity index is 828. The fourth-order valence-corrected chi connectivity index (χ4v) is 3.15. The number of nitrogens with zero attached hydrogens (tertiary/aromatic N) is 2. The van der Waals surface area contributed by atoms with Crippen molar-refractivity contribution in [3.63, 3.8) is 0 Å². The molecule has 0 fully saturated rings. The van der Waals surface area contributed by atoms with Crippen molar-refractivity contribution in [2.75, 3.05) is 7.11 Å². The number of hydrogen-bond donors (Lipinski definition) is 0. The maximum absolute atomic E-state index is 5.82. The van der Waals surface area contributed by atoms with E-state index >= 15 is 0 Å². The van der Waals surface area contributed by atoms with Crippen molar-refractivity contribution in [2.24, 2.45) is 0 Å². The van der Waals surface area contributed by atoms with E-state index in [-0.39, 0.29) is 0 Å². The van der Waals surface area contributed by atoms with Gasteiger partial charge in [-0.1, -0.05) is 18.2 Å². The van der Waals surface area contributed by atoms with Crippen molar-refractivity contribution in [3.8, 4) is 11.1 Å². The van der Waals surface area contributed by atoms with Crippen molar-refractivity contribution in [2.45, 2.75) is 12.5 Å². The summed E-state index contributed by atoms with van der Waals surface area (Å²) >= 11 is 0. The molecule has 0 aliphatic heterocycles. The van der Waals surface area contributed by atoms with Gasteiger partial charge < -0.3 is 4.74 Å². The summed E-state index contributed by atoms with van der Waals surface area (Å²) in [6.45, 7) is 2.08. The summed E-state index contributed by atoms with van der Waals surface area (Å²) in [5.41, 5.74) is 5.16. The Kier molecular flexibility index (Phi) is 2.24. The fraction of sp³-hybridized carbons (Fsp3) is 0.176. The van der Waals surface area contributed by atoms with Crippen LogP contribution in [0.25, 0.3) is 22.0 Å². The van der Waals surface area contributed by atoms with E-state index in [1.54, 1.807) is 7.11 Å². The number of ether oxygens (including phenoxy) is 1. The highest BCUT2D eigenvalue weighted by Gasteiger charge is 2.41. The van der Waals surface area contributed by atoms with Gasteiger partial charge in [0, 0.05) is 42.2 Å². The number of para-hydroxylation sites is 1. The topological polar surface area (TPSA) is 35.0 Å². The molecule has 98 valence electrons. The molecule has 0 saturated heterocycles. The molecule has 0 saturated carbocycles. The van der Waals surface area contributed by atoms with E-state index in [1.165, 1.54) is 16.5 Å². The fourth-order valence-electron chi connectivity index (χ4n) is 3.15. The zero-order chi connectivity index (χ0) is 13.7. The molecule has 2 heterocycles. The lowest BCUT2D eigenvalue weighted by Gasteiger charge is -2.24. The Labute approximate surface area is 117 Å².